The summed E-state index contributed by atoms with van der Waals surface area (Å²) >= 11 is 0. The molecule has 0 radical (unpaired) electrons. The first-order valence-electron chi connectivity index (χ1n) is 4.87. The average Bonchev–Trinajstić information content (AvgIpc) is 2.29. The fraction of sp³-hybridized carbons (Fsp3) is 0.0769. The molecule has 4 heteroatoms. The third-order valence-electron chi connectivity index (χ3n) is 2.19. The van der Waals surface area contributed by atoms with Gasteiger partial charge >= 0.3 is 90.6 Å². The van der Waals surface area contributed by atoms with Gasteiger partial charge in [-0.2, -0.15) is 0 Å². The second-order valence-corrected chi connectivity index (χ2v) is 3.30. The summed E-state index contributed by atoms with van der Waals surface area (Å²) in [6.07, 6.45) is 0. The van der Waals surface area contributed by atoms with E-state index in [9.17, 15) is 0 Å². The molecule has 2 aromatic carbocycles. The van der Waals surface area contributed by atoms with E-state index in [2.05, 4.69) is 0 Å². The van der Waals surface area contributed by atoms with Crippen molar-refractivity contribution in [2.45, 2.75) is 6.61 Å². The Balaban J connectivity index is 0.00000128. The third-order valence-corrected chi connectivity index (χ3v) is 2.19. The molecular formula is C13H13BO3. The Bertz CT molecular complexity index is 432. The molecule has 3 nitrogen and oxygen atoms in total. The van der Waals surface area contributed by atoms with E-state index in [1.165, 1.54) is 0 Å². The molecule has 0 aliphatic heterocycles. The molecule has 0 saturated heterocycles. The van der Waals surface area contributed by atoms with Crippen molar-refractivity contribution in [3.63, 3.8) is 0 Å². The Hall–Kier alpha value is -1.78. The fourth-order valence-corrected chi connectivity index (χ4v) is 1.34. The molecule has 0 aromatic heterocycles. The number of hydrogen-bond acceptors (Lipinski definition) is 3. The van der Waals surface area contributed by atoms with E-state index < -0.39 is 0 Å². The first kappa shape index (κ1) is 15.2. The van der Waals surface area contributed by atoms with Gasteiger partial charge in [-0.1, -0.05) is 0 Å². The summed E-state index contributed by atoms with van der Waals surface area (Å²) in [6.45, 7) is 0.511. The number of benzene rings is 2. The molecule has 0 heterocycles. The van der Waals surface area contributed by atoms with Crippen LogP contribution in [0.4, 0.5) is 0 Å². The zero-order valence-electron chi connectivity index (χ0n) is 9.28. The quantitative estimate of drug-likeness (QED) is 0.750. The maximum absolute atomic E-state index is 5.80. The Labute approximate surface area is 102 Å². The smallest absolute Gasteiger partial charge is 0.870 e. The van der Waals surface area contributed by atoms with Crippen LogP contribution in [0.3, 0.4) is 0 Å². The van der Waals surface area contributed by atoms with Crippen LogP contribution in [0.5, 0.6) is 5.75 Å². The van der Waals surface area contributed by atoms with Crippen molar-refractivity contribution in [1.29, 1.82) is 0 Å². The van der Waals surface area contributed by atoms with Crippen molar-refractivity contribution in [2.75, 3.05) is 0 Å². The van der Waals surface area contributed by atoms with Gasteiger partial charge in [0, 0.05) is 0 Å². The predicted molar refractivity (Wildman–Crippen MR) is 66.5 cm³/mol. The molecule has 2 aromatic rings. The van der Waals surface area contributed by atoms with Crippen molar-refractivity contribution in [3.05, 3.63) is 60.2 Å². The Morgan fingerprint density at radius 1 is 0.824 bits per heavy atom. The summed E-state index contributed by atoms with van der Waals surface area (Å²) in [5.41, 5.74) is 1.79. The molecule has 0 saturated carbocycles. The number of ether oxygens (including phenoxy) is 1. The van der Waals surface area contributed by atoms with Gasteiger partial charge in [0.25, 0.3) is 0 Å². The third kappa shape index (κ3) is 4.30. The van der Waals surface area contributed by atoms with Crippen LogP contribution in [0.2, 0.25) is 0 Å². The second-order valence-electron chi connectivity index (χ2n) is 3.30. The van der Waals surface area contributed by atoms with Crippen LogP contribution in [0.15, 0.2) is 54.6 Å². The molecule has 0 atom stereocenters. The number of para-hydroxylation sites is 1. The summed E-state index contributed by atoms with van der Waals surface area (Å²) in [4.78, 5) is 0. The van der Waals surface area contributed by atoms with Gasteiger partial charge in [-0.3, -0.25) is 0 Å². The topological polar surface area (TPSA) is 69.2 Å². The fourth-order valence-electron chi connectivity index (χ4n) is 1.34. The average molecular weight is 228 g/mol. The minimum absolute atomic E-state index is 0. The Morgan fingerprint density at radius 2 is 1.41 bits per heavy atom. The van der Waals surface area contributed by atoms with Gasteiger partial charge in [-0.25, -0.2) is 0 Å². The van der Waals surface area contributed by atoms with Crippen LogP contribution in [0, 0.1) is 0 Å². The van der Waals surface area contributed by atoms with Gasteiger partial charge < -0.3 is 11.0 Å². The molecule has 0 unspecified atom stereocenters. The van der Waals surface area contributed by atoms with Gasteiger partial charge in [0.05, 0.1) is 0 Å². The van der Waals surface area contributed by atoms with Crippen LogP contribution >= 0.6 is 0 Å². The largest absolute Gasteiger partial charge is 0.870 e. The molecule has 86 valence electrons. The maximum Gasteiger partial charge on any atom is -0.870 e. The van der Waals surface area contributed by atoms with E-state index in [1.807, 2.05) is 54.6 Å². The number of hydrogen-bond donors (Lipinski definition) is 0. The van der Waals surface area contributed by atoms with Gasteiger partial charge in [0.2, 0.25) is 0 Å². The Kier molecular flexibility index (Phi) is 6.71. The minimum Gasteiger partial charge on any atom is -0.870 e. The van der Waals surface area contributed by atoms with E-state index in [-0.39, 0.29) is 11.0 Å². The van der Waals surface area contributed by atoms with Gasteiger partial charge in [-0.05, 0) is 0 Å². The van der Waals surface area contributed by atoms with Crippen molar-refractivity contribution in [1.82, 2.24) is 0 Å². The summed E-state index contributed by atoms with van der Waals surface area (Å²) < 4.78 is 5.59. The molecule has 0 fully saturated rings. The molecule has 17 heavy (non-hydrogen) atoms. The van der Waals surface area contributed by atoms with Gasteiger partial charge in [0.15, 0.2) is 0 Å². The standard InChI is InChI=1S/C13H11BO.2H2O/c14-13-9-5-4-6-11(13)10-15-12-7-2-1-3-8-12;;/h1-9H,10H2;2*1H2/q+2;;/p-2. The monoisotopic (exact) mass is 228 g/mol. The minimum atomic E-state index is 0. The summed E-state index contributed by atoms with van der Waals surface area (Å²) in [6, 6.07) is 17.4. The molecule has 0 bridgehead atoms. The second kappa shape index (κ2) is 7.49. The van der Waals surface area contributed by atoms with Crippen molar-refractivity contribution in [2.24, 2.45) is 0 Å². The van der Waals surface area contributed by atoms with Crippen LogP contribution in [-0.4, -0.2) is 18.8 Å². The summed E-state index contributed by atoms with van der Waals surface area (Å²) in [7, 11) is 5.80. The SMILES string of the molecule is [B+2]c1ccccc1COc1ccccc1.[OH-].[OH-]. The first-order valence-corrected chi connectivity index (χ1v) is 4.87. The molecular weight excluding hydrogens is 215 g/mol. The first-order chi connectivity index (χ1) is 7.36. The van der Waals surface area contributed by atoms with Crippen molar-refractivity contribution in [3.8, 4) is 5.75 Å². The van der Waals surface area contributed by atoms with Crippen LogP contribution in [0.1, 0.15) is 5.56 Å². The summed E-state index contributed by atoms with van der Waals surface area (Å²) in [5, 5.41) is 0. The number of rotatable bonds is 3. The van der Waals surface area contributed by atoms with E-state index in [0.717, 1.165) is 16.8 Å². The molecule has 0 spiro atoms. The predicted octanol–water partition coefficient (Wildman–Crippen LogP) is 1.71. The zero-order chi connectivity index (χ0) is 10.5. The van der Waals surface area contributed by atoms with Crippen molar-refractivity contribution >= 4 is 13.3 Å². The van der Waals surface area contributed by atoms with E-state index in [0.29, 0.717) is 6.61 Å². The molecule has 2 rings (SSSR count). The Morgan fingerprint density at radius 3 is 2.06 bits per heavy atom. The van der Waals surface area contributed by atoms with E-state index in [4.69, 9.17) is 12.6 Å². The normalized spacial score (nSPS) is 8.82. The van der Waals surface area contributed by atoms with Crippen LogP contribution in [-0.2, 0) is 6.61 Å². The summed E-state index contributed by atoms with van der Waals surface area (Å²) in [5.74, 6) is 0.862. The molecule has 2 N–H and O–H groups in total. The van der Waals surface area contributed by atoms with Gasteiger partial charge in [-0.15, -0.1) is 0 Å². The maximum atomic E-state index is 5.80. The molecule has 0 amide bonds. The van der Waals surface area contributed by atoms with E-state index in [1.54, 1.807) is 0 Å². The molecule has 0 aliphatic carbocycles. The zero-order valence-corrected chi connectivity index (χ0v) is 9.28. The molecule has 0 aliphatic rings. The van der Waals surface area contributed by atoms with Crippen molar-refractivity contribution < 1.29 is 15.7 Å². The van der Waals surface area contributed by atoms with E-state index >= 15 is 0 Å². The van der Waals surface area contributed by atoms with Crippen LogP contribution in [0.25, 0.3) is 0 Å². The van der Waals surface area contributed by atoms with Crippen LogP contribution < -0.4 is 10.2 Å². The van der Waals surface area contributed by atoms with Gasteiger partial charge in [0.1, 0.15) is 0 Å².